The lowest BCUT2D eigenvalue weighted by molar-refractivity contribution is -0.00870. The summed E-state index contributed by atoms with van der Waals surface area (Å²) in [4.78, 5) is 12.2. The van der Waals surface area contributed by atoms with Gasteiger partial charge >= 0.3 is 0 Å². The quantitative estimate of drug-likeness (QED) is 0.804. The maximum Gasteiger partial charge on any atom is 0.268 e. The first-order valence-electron chi connectivity index (χ1n) is 6.92. The summed E-state index contributed by atoms with van der Waals surface area (Å²) >= 11 is 0. The monoisotopic (exact) mass is 334 g/mol. The molecular weight excluding hydrogens is 316 g/mol. The predicted octanol–water partition coefficient (Wildman–Crippen LogP) is 1.73. The summed E-state index contributed by atoms with van der Waals surface area (Å²) in [6, 6.07) is 1.38. The first-order chi connectivity index (χ1) is 9.85. The van der Waals surface area contributed by atoms with Gasteiger partial charge < -0.3 is 14.6 Å². The summed E-state index contributed by atoms with van der Waals surface area (Å²) in [5, 5.41) is 2.88. The van der Waals surface area contributed by atoms with E-state index in [0.29, 0.717) is 18.8 Å². The maximum atomic E-state index is 12.2. The largest absolute Gasteiger partial charge is 0.378 e. The molecule has 1 amide bonds. The minimum Gasteiger partial charge on any atom is -0.378 e. The number of hydrogen-bond donors (Lipinski definition) is 1. The Labute approximate surface area is 128 Å². The van der Waals surface area contributed by atoms with Crippen LogP contribution < -0.4 is 5.32 Å². The Hall–Kier alpha value is -1.05. The van der Waals surface area contributed by atoms with E-state index >= 15 is 0 Å². The summed E-state index contributed by atoms with van der Waals surface area (Å²) in [5.74, 6) is -0.289. The van der Waals surface area contributed by atoms with Crippen LogP contribution in [0.15, 0.2) is 17.2 Å². The summed E-state index contributed by atoms with van der Waals surface area (Å²) in [6.45, 7) is 4.92. The lowest BCUT2D eigenvalue weighted by atomic mass is 9.89. The Kier molecular flexibility index (Phi) is 4.95. The zero-order chi connectivity index (χ0) is 15.6. The smallest absolute Gasteiger partial charge is 0.268 e. The van der Waals surface area contributed by atoms with E-state index in [1.165, 1.54) is 12.3 Å². The lowest BCUT2D eigenvalue weighted by Gasteiger charge is -2.35. The van der Waals surface area contributed by atoms with Crippen LogP contribution in [0.1, 0.15) is 37.2 Å². The number of ether oxygens (including phenoxy) is 1. The van der Waals surface area contributed by atoms with Crippen molar-refractivity contribution in [2.24, 2.45) is 0 Å². The number of aromatic nitrogens is 1. The fraction of sp³-hybridized carbons (Fsp3) is 0.615. The molecule has 1 aromatic rings. The molecule has 2 rings (SSSR count). The molecular formula is C13H19ClN2O4S. The maximum absolute atomic E-state index is 12.2. The van der Waals surface area contributed by atoms with Crippen LogP contribution in [0.4, 0.5) is 0 Å². The van der Waals surface area contributed by atoms with E-state index in [9.17, 15) is 13.2 Å². The zero-order valence-corrected chi connectivity index (χ0v) is 13.6. The van der Waals surface area contributed by atoms with Crippen LogP contribution in [0, 0.1) is 0 Å². The van der Waals surface area contributed by atoms with Crippen molar-refractivity contribution in [1.82, 2.24) is 9.88 Å². The van der Waals surface area contributed by atoms with E-state index in [2.05, 4.69) is 5.32 Å². The van der Waals surface area contributed by atoms with Crippen LogP contribution in [0.3, 0.4) is 0 Å². The van der Waals surface area contributed by atoms with Crippen molar-refractivity contribution in [3.63, 3.8) is 0 Å². The SMILES string of the molecule is CCOC1CC(NC(=O)c2cc(S(=O)(=O)Cl)cn2CC)C1. The van der Waals surface area contributed by atoms with Crippen molar-refractivity contribution in [3.05, 3.63) is 18.0 Å². The van der Waals surface area contributed by atoms with Gasteiger partial charge in [0.2, 0.25) is 0 Å². The standard InChI is InChI=1S/C13H19ClN2O4S/c1-3-16-8-11(21(14,18)19)7-12(16)13(17)15-9-5-10(6-9)20-4-2/h7-10H,3-6H2,1-2H3,(H,15,17). The highest BCUT2D eigenvalue weighted by molar-refractivity contribution is 8.13. The molecule has 1 N–H and O–H groups in total. The first-order valence-corrected chi connectivity index (χ1v) is 9.23. The fourth-order valence-electron chi connectivity index (χ4n) is 2.38. The number of carbonyl (C=O) groups is 1. The Morgan fingerprint density at radius 3 is 2.67 bits per heavy atom. The van der Waals surface area contributed by atoms with Gasteiger partial charge in [-0.15, -0.1) is 0 Å². The summed E-state index contributed by atoms with van der Waals surface area (Å²) in [6.07, 6.45) is 3.15. The molecule has 6 nitrogen and oxygen atoms in total. The molecule has 1 fully saturated rings. The van der Waals surface area contributed by atoms with Gasteiger partial charge in [0, 0.05) is 36.1 Å². The Morgan fingerprint density at radius 2 is 2.14 bits per heavy atom. The van der Waals surface area contributed by atoms with Gasteiger partial charge in [0.05, 0.1) is 6.10 Å². The fourth-order valence-corrected chi connectivity index (χ4v) is 3.14. The lowest BCUT2D eigenvalue weighted by Crippen LogP contribution is -2.48. The molecule has 0 atom stereocenters. The van der Waals surface area contributed by atoms with Crippen LogP contribution in [0.25, 0.3) is 0 Å². The normalized spacial score (nSPS) is 21.9. The third-order valence-corrected chi connectivity index (χ3v) is 4.88. The van der Waals surface area contributed by atoms with Crippen molar-refractivity contribution in [1.29, 1.82) is 0 Å². The molecule has 0 unspecified atom stereocenters. The first kappa shape index (κ1) is 16.3. The van der Waals surface area contributed by atoms with Gasteiger partial charge in [0.25, 0.3) is 15.0 Å². The molecule has 21 heavy (non-hydrogen) atoms. The van der Waals surface area contributed by atoms with Crippen molar-refractivity contribution in [2.45, 2.75) is 50.3 Å². The summed E-state index contributed by atoms with van der Waals surface area (Å²) in [5.41, 5.74) is 0.302. The second-order valence-electron chi connectivity index (χ2n) is 5.00. The number of amides is 1. The highest BCUT2D eigenvalue weighted by Gasteiger charge is 2.31. The predicted molar refractivity (Wildman–Crippen MR) is 79.0 cm³/mol. The molecule has 1 saturated carbocycles. The van der Waals surface area contributed by atoms with E-state index in [1.807, 2.05) is 13.8 Å². The van der Waals surface area contributed by atoms with E-state index < -0.39 is 9.05 Å². The topological polar surface area (TPSA) is 77.4 Å². The average molecular weight is 335 g/mol. The molecule has 0 saturated heterocycles. The summed E-state index contributed by atoms with van der Waals surface area (Å²) < 4.78 is 29.7. The van der Waals surface area contributed by atoms with Crippen molar-refractivity contribution < 1.29 is 17.9 Å². The molecule has 1 aliphatic rings. The second kappa shape index (κ2) is 6.37. The number of nitrogens with zero attached hydrogens (tertiary/aromatic N) is 1. The van der Waals surface area contributed by atoms with E-state index in [-0.39, 0.29) is 22.9 Å². The number of carbonyl (C=O) groups excluding carboxylic acids is 1. The number of nitrogens with one attached hydrogen (secondary N) is 1. The molecule has 118 valence electrons. The molecule has 0 radical (unpaired) electrons. The number of hydrogen-bond acceptors (Lipinski definition) is 4. The van der Waals surface area contributed by atoms with Crippen LogP contribution in [-0.2, 0) is 20.3 Å². The average Bonchev–Trinajstić information content (AvgIpc) is 2.80. The summed E-state index contributed by atoms with van der Waals surface area (Å²) in [7, 11) is 1.48. The minimum absolute atomic E-state index is 0.0584. The van der Waals surface area contributed by atoms with Gasteiger partial charge in [-0.2, -0.15) is 0 Å². The van der Waals surface area contributed by atoms with Gasteiger partial charge in [-0.3, -0.25) is 4.79 Å². The molecule has 0 bridgehead atoms. The van der Waals surface area contributed by atoms with Crippen LogP contribution in [0.5, 0.6) is 0 Å². The number of aryl methyl sites for hydroxylation is 1. The number of rotatable bonds is 6. The molecule has 0 aromatic carbocycles. The van der Waals surface area contributed by atoms with Crippen molar-refractivity contribution in [2.75, 3.05) is 6.61 Å². The van der Waals surface area contributed by atoms with Crippen molar-refractivity contribution in [3.8, 4) is 0 Å². The Morgan fingerprint density at radius 1 is 1.48 bits per heavy atom. The molecule has 1 heterocycles. The highest BCUT2D eigenvalue weighted by atomic mass is 35.7. The van der Waals surface area contributed by atoms with Crippen LogP contribution in [0.2, 0.25) is 0 Å². The zero-order valence-electron chi connectivity index (χ0n) is 12.0. The molecule has 0 aliphatic heterocycles. The van der Waals surface area contributed by atoms with Crippen LogP contribution in [-0.4, -0.2) is 37.6 Å². The molecule has 1 aliphatic carbocycles. The molecule has 8 heteroatoms. The van der Waals surface area contributed by atoms with Crippen LogP contribution >= 0.6 is 10.7 Å². The van der Waals surface area contributed by atoms with Gasteiger partial charge in [-0.25, -0.2) is 8.42 Å². The van der Waals surface area contributed by atoms with E-state index in [0.717, 1.165) is 12.8 Å². The Bertz CT molecular complexity index is 620. The van der Waals surface area contributed by atoms with Gasteiger partial charge in [0.1, 0.15) is 10.6 Å². The molecule has 0 spiro atoms. The highest BCUT2D eigenvalue weighted by Crippen LogP contribution is 2.24. The second-order valence-corrected chi connectivity index (χ2v) is 7.57. The van der Waals surface area contributed by atoms with E-state index in [1.54, 1.807) is 4.57 Å². The Balaban J connectivity index is 2.04. The van der Waals surface area contributed by atoms with Crippen molar-refractivity contribution >= 4 is 25.6 Å². The third kappa shape index (κ3) is 3.78. The van der Waals surface area contributed by atoms with Gasteiger partial charge in [-0.05, 0) is 32.8 Å². The number of halogens is 1. The minimum atomic E-state index is -3.83. The third-order valence-electron chi connectivity index (χ3n) is 3.56. The van der Waals surface area contributed by atoms with E-state index in [4.69, 9.17) is 15.4 Å². The molecule has 1 aromatic heterocycles. The van der Waals surface area contributed by atoms with Gasteiger partial charge in [-0.1, -0.05) is 0 Å². The van der Waals surface area contributed by atoms with Gasteiger partial charge in [0.15, 0.2) is 0 Å².